The summed E-state index contributed by atoms with van der Waals surface area (Å²) in [5.74, 6) is 1.61. The van der Waals surface area contributed by atoms with Crippen LogP contribution in [0.15, 0.2) is 30.3 Å². The lowest BCUT2D eigenvalue weighted by Gasteiger charge is -2.50. The highest BCUT2D eigenvalue weighted by Crippen LogP contribution is 2.53. The molecule has 3 heterocycles. The van der Waals surface area contributed by atoms with Crippen LogP contribution in [0, 0.1) is 23.7 Å². The second-order valence-corrected chi connectivity index (χ2v) is 12.8. The van der Waals surface area contributed by atoms with Gasteiger partial charge in [-0.1, -0.05) is 51.3 Å². The van der Waals surface area contributed by atoms with Crippen LogP contribution >= 0.6 is 0 Å². The van der Waals surface area contributed by atoms with E-state index in [0.717, 1.165) is 63.5 Å². The fraction of sp³-hybridized carbons (Fsp3) is 0.742. The van der Waals surface area contributed by atoms with Crippen LogP contribution < -0.4 is 4.90 Å². The molecule has 1 aromatic carbocycles. The topological polar surface area (TPSA) is 43.9 Å². The number of rotatable bonds is 4. The van der Waals surface area contributed by atoms with Gasteiger partial charge < -0.3 is 9.80 Å². The van der Waals surface area contributed by atoms with Gasteiger partial charge in [-0.3, -0.25) is 14.5 Å². The van der Waals surface area contributed by atoms with E-state index in [-0.39, 0.29) is 35.2 Å². The van der Waals surface area contributed by atoms with Gasteiger partial charge in [0.15, 0.2) is 0 Å². The van der Waals surface area contributed by atoms with Gasteiger partial charge in [0, 0.05) is 37.4 Å². The van der Waals surface area contributed by atoms with Crippen molar-refractivity contribution in [3.63, 3.8) is 0 Å². The number of carbonyl (C=O) groups excluding carboxylic acids is 2. The maximum Gasteiger partial charge on any atom is 0.235 e. The number of imide groups is 1. The minimum absolute atomic E-state index is 0.129. The van der Waals surface area contributed by atoms with Crippen molar-refractivity contribution in [2.45, 2.75) is 102 Å². The molecule has 2 unspecified atom stereocenters. The molecule has 5 aliphatic rings. The molecule has 2 saturated carbocycles. The van der Waals surface area contributed by atoms with Crippen LogP contribution in [-0.2, 0) is 9.59 Å². The van der Waals surface area contributed by atoms with Gasteiger partial charge in [-0.15, -0.1) is 0 Å². The average molecular weight is 492 g/mol. The summed E-state index contributed by atoms with van der Waals surface area (Å²) in [6.07, 6.45) is 12.9. The number of para-hydroxylation sites is 1. The van der Waals surface area contributed by atoms with Crippen LogP contribution in [0.4, 0.5) is 5.69 Å². The molecule has 196 valence electrons. The number of fused-ring (bicyclic) bond motifs is 2. The molecule has 0 N–H and O–H groups in total. The maximum absolute atomic E-state index is 14.1. The number of carbonyl (C=O) groups is 2. The molecule has 2 amide bonds. The van der Waals surface area contributed by atoms with Gasteiger partial charge in [0.2, 0.25) is 11.8 Å². The molecule has 2 atom stereocenters. The third-order valence-electron chi connectivity index (χ3n) is 10.8. The highest BCUT2D eigenvalue weighted by molar-refractivity contribution is 6.07. The van der Waals surface area contributed by atoms with E-state index in [0.29, 0.717) is 12.6 Å². The molecule has 1 aromatic rings. The highest BCUT2D eigenvalue weighted by atomic mass is 16.2. The molecule has 0 radical (unpaired) electrons. The van der Waals surface area contributed by atoms with Crippen LogP contribution in [0.1, 0.15) is 84.5 Å². The first-order valence-electron chi connectivity index (χ1n) is 14.9. The van der Waals surface area contributed by atoms with Gasteiger partial charge >= 0.3 is 0 Å². The van der Waals surface area contributed by atoms with Crippen molar-refractivity contribution in [3.05, 3.63) is 30.3 Å². The van der Waals surface area contributed by atoms with E-state index in [1.165, 1.54) is 37.8 Å². The van der Waals surface area contributed by atoms with E-state index in [2.05, 4.69) is 54.0 Å². The quantitative estimate of drug-likeness (QED) is 0.523. The average Bonchev–Trinajstić information content (AvgIpc) is 3.37. The summed E-state index contributed by atoms with van der Waals surface area (Å²) < 4.78 is 0. The third-order valence-corrected chi connectivity index (χ3v) is 10.8. The van der Waals surface area contributed by atoms with Crippen molar-refractivity contribution in [3.8, 4) is 0 Å². The Morgan fingerprint density at radius 2 is 1.47 bits per heavy atom. The van der Waals surface area contributed by atoms with Gasteiger partial charge in [-0.05, 0) is 75.3 Å². The first-order chi connectivity index (χ1) is 17.5. The molecular formula is C31H45N3O2. The van der Waals surface area contributed by atoms with E-state index in [1.807, 2.05) is 0 Å². The Labute approximate surface area is 217 Å². The number of likely N-dealkylation sites (tertiary alicyclic amines) is 2. The molecular weight excluding hydrogens is 446 g/mol. The van der Waals surface area contributed by atoms with Crippen LogP contribution in [-0.4, -0.2) is 58.9 Å². The summed E-state index contributed by atoms with van der Waals surface area (Å²) in [6, 6.07) is 11.4. The number of hydrogen-bond acceptors (Lipinski definition) is 4. The Kier molecular flexibility index (Phi) is 6.64. The first kappa shape index (κ1) is 24.5. The lowest BCUT2D eigenvalue weighted by molar-refractivity contribution is -0.144. The molecule has 1 spiro atoms. The van der Waals surface area contributed by atoms with E-state index in [9.17, 15) is 9.59 Å². The Hall–Kier alpha value is -1.88. The third kappa shape index (κ3) is 4.01. The van der Waals surface area contributed by atoms with Crippen molar-refractivity contribution in [2.24, 2.45) is 23.7 Å². The number of nitrogens with zero attached hydrogens (tertiary/aromatic N) is 3. The standard InChI is InChI=1S/C31H45N3O2/c1-22(2)23-13-15-24(16-14-23)32-19-17-31(18-20-32)28-27(21-33(31)25-9-5-3-6-10-25)29(35)34(30(28)36)26-11-7-4-8-12-26/h3,5-6,9-10,22-24,26-28H,4,7-8,11-21H2,1-2H3. The van der Waals surface area contributed by atoms with Crippen LogP contribution in [0.2, 0.25) is 0 Å². The van der Waals surface area contributed by atoms with Crippen LogP contribution in [0.25, 0.3) is 0 Å². The summed E-state index contributed by atoms with van der Waals surface area (Å²) in [5.41, 5.74) is 0.955. The second kappa shape index (κ2) is 9.78. The molecule has 36 heavy (non-hydrogen) atoms. The van der Waals surface area contributed by atoms with E-state index < -0.39 is 0 Å². The lowest BCUT2D eigenvalue weighted by atomic mass is 9.73. The fourth-order valence-electron chi connectivity index (χ4n) is 8.75. The normalized spacial score (nSPS) is 33.6. The zero-order valence-corrected chi connectivity index (χ0v) is 22.4. The second-order valence-electron chi connectivity index (χ2n) is 12.8. The van der Waals surface area contributed by atoms with Crippen molar-refractivity contribution >= 4 is 17.5 Å². The van der Waals surface area contributed by atoms with Crippen molar-refractivity contribution in [2.75, 3.05) is 24.5 Å². The summed E-state index contributed by atoms with van der Waals surface area (Å²) >= 11 is 0. The smallest absolute Gasteiger partial charge is 0.235 e. The van der Waals surface area contributed by atoms with Gasteiger partial charge in [0.25, 0.3) is 0 Å². The number of hydrogen-bond donors (Lipinski definition) is 0. The zero-order chi connectivity index (χ0) is 24.9. The molecule has 0 aromatic heterocycles. The van der Waals surface area contributed by atoms with Crippen molar-refractivity contribution < 1.29 is 9.59 Å². The molecule has 0 bridgehead atoms. The number of benzene rings is 1. The zero-order valence-electron chi connectivity index (χ0n) is 22.4. The predicted molar refractivity (Wildman–Crippen MR) is 144 cm³/mol. The van der Waals surface area contributed by atoms with Gasteiger partial charge in [0.1, 0.15) is 0 Å². The molecule has 6 rings (SSSR count). The lowest BCUT2D eigenvalue weighted by Crippen LogP contribution is -2.59. The largest absolute Gasteiger partial charge is 0.364 e. The summed E-state index contributed by atoms with van der Waals surface area (Å²) in [6.45, 7) is 7.55. The van der Waals surface area contributed by atoms with Crippen LogP contribution in [0.5, 0.6) is 0 Å². The maximum atomic E-state index is 14.1. The number of amides is 2. The molecule has 5 nitrogen and oxygen atoms in total. The molecule has 3 aliphatic heterocycles. The van der Waals surface area contributed by atoms with Crippen LogP contribution in [0.3, 0.4) is 0 Å². The minimum atomic E-state index is -0.228. The van der Waals surface area contributed by atoms with Gasteiger partial charge in [-0.2, -0.15) is 0 Å². The monoisotopic (exact) mass is 491 g/mol. The van der Waals surface area contributed by atoms with Gasteiger partial charge in [0.05, 0.1) is 17.4 Å². The molecule has 3 saturated heterocycles. The van der Waals surface area contributed by atoms with E-state index in [1.54, 1.807) is 4.90 Å². The van der Waals surface area contributed by atoms with Crippen molar-refractivity contribution in [1.82, 2.24) is 9.80 Å². The van der Waals surface area contributed by atoms with Crippen molar-refractivity contribution in [1.29, 1.82) is 0 Å². The molecule has 5 heteroatoms. The number of piperidine rings is 1. The predicted octanol–water partition coefficient (Wildman–Crippen LogP) is 5.49. The SMILES string of the molecule is CC(C)C1CCC(N2CCC3(CC2)C2C(=O)N(C4CCCCC4)C(=O)C2CN3c2ccccc2)CC1. The Balaban J connectivity index is 1.24. The minimum Gasteiger partial charge on any atom is -0.364 e. The Morgan fingerprint density at radius 1 is 0.806 bits per heavy atom. The first-order valence-corrected chi connectivity index (χ1v) is 14.9. The summed E-state index contributed by atoms with van der Waals surface area (Å²) in [5, 5.41) is 0. The molecule has 5 fully saturated rings. The van der Waals surface area contributed by atoms with Gasteiger partial charge in [-0.25, -0.2) is 0 Å². The van der Waals surface area contributed by atoms with E-state index >= 15 is 0 Å². The Morgan fingerprint density at radius 3 is 2.11 bits per heavy atom. The highest BCUT2D eigenvalue weighted by Gasteiger charge is 2.65. The van der Waals surface area contributed by atoms with E-state index in [4.69, 9.17) is 0 Å². The number of anilines is 1. The summed E-state index contributed by atoms with van der Waals surface area (Å²) in [7, 11) is 0. The molecule has 2 aliphatic carbocycles. The summed E-state index contributed by atoms with van der Waals surface area (Å²) in [4.78, 5) is 34.8. The fourth-order valence-corrected chi connectivity index (χ4v) is 8.75. The Bertz CT molecular complexity index is 940.